The zero-order valence-corrected chi connectivity index (χ0v) is 11.8. The van der Waals surface area contributed by atoms with Crippen molar-refractivity contribution in [1.82, 2.24) is 9.34 Å². The van der Waals surface area contributed by atoms with Crippen LogP contribution in [0, 0.1) is 0 Å². The lowest BCUT2D eigenvalue weighted by Gasteiger charge is -2.31. The number of nitrogens with zero attached hydrogens (tertiary/aromatic N) is 2. The van der Waals surface area contributed by atoms with Gasteiger partial charge in [0.1, 0.15) is 8.37 Å². The van der Waals surface area contributed by atoms with Gasteiger partial charge in [0.05, 0.1) is 0 Å². The number of hydrogen-bond acceptors (Lipinski definition) is 3. The topological polar surface area (TPSA) is 18.5 Å². The molecule has 0 aromatic heterocycles. The van der Waals surface area contributed by atoms with Gasteiger partial charge in [0.2, 0.25) is 0 Å². The van der Waals surface area contributed by atoms with Crippen molar-refractivity contribution in [3.05, 3.63) is 24.3 Å². The Bertz CT molecular complexity index is 307. The lowest BCUT2D eigenvalue weighted by Crippen LogP contribution is -2.22. The van der Waals surface area contributed by atoms with E-state index in [1.165, 1.54) is 11.0 Å². The molecule has 15 heavy (non-hydrogen) atoms. The molecule has 0 amide bonds. The van der Waals surface area contributed by atoms with Gasteiger partial charge in [-0.2, -0.15) is 0 Å². The molecule has 0 bridgehead atoms. The van der Waals surface area contributed by atoms with Gasteiger partial charge in [-0.25, -0.2) is 0 Å². The van der Waals surface area contributed by atoms with Crippen LogP contribution in [0.5, 0.6) is 0 Å². The van der Waals surface area contributed by atoms with E-state index in [0.717, 1.165) is 0 Å². The normalized spacial score (nSPS) is 11.5. The SMILES string of the molecule is CN(C)P(Nc1ccccc1P)N(C)C. The second-order valence-corrected chi connectivity index (χ2v) is 6.71. The van der Waals surface area contributed by atoms with Crippen molar-refractivity contribution in [2.45, 2.75) is 0 Å². The van der Waals surface area contributed by atoms with Gasteiger partial charge in [-0.3, -0.25) is 9.34 Å². The summed E-state index contributed by atoms with van der Waals surface area (Å²) in [6.45, 7) is 0. The Morgan fingerprint density at radius 2 is 1.60 bits per heavy atom. The molecule has 0 saturated carbocycles. The van der Waals surface area contributed by atoms with Crippen LogP contribution in [0.3, 0.4) is 0 Å². The summed E-state index contributed by atoms with van der Waals surface area (Å²) in [5.74, 6) is 0. The minimum absolute atomic E-state index is 0.468. The van der Waals surface area contributed by atoms with Crippen molar-refractivity contribution < 1.29 is 0 Å². The predicted molar refractivity (Wildman–Crippen MR) is 73.7 cm³/mol. The first-order valence-corrected chi connectivity index (χ1v) is 6.60. The molecular weight excluding hydrogens is 224 g/mol. The van der Waals surface area contributed by atoms with Gasteiger partial charge in [-0.05, 0) is 39.6 Å². The number of anilines is 1. The van der Waals surface area contributed by atoms with E-state index in [4.69, 9.17) is 0 Å². The number of hydrogen-bond donors (Lipinski definition) is 1. The van der Waals surface area contributed by atoms with Crippen LogP contribution in [0.25, 0.3) is 0 Å². The molecular formula is C10H19N3P2. The molecule has 1 aromatic rings. The standard InChI is InChI=1S/C10H19N3P2/c1-12(2)15(13(3)4)11-9-7-5-6-8-10(9)14/h5-8,11H,14H2,1-4H3. The molecule has 0 spiro atoms. The van der Waals surface area contributed by atoms with Crippen LogP contribution in [-0.2, 0) is 0 Å². The monoisotopic (exact) mass is 243 g/mol. The summed E-state index contributed by atoms with van der Waals surface area (Å²) in [5.41, 5.74) is 1.18. The third-order valence-corrected chi connectivity index (χ3v) is 4.40. The third-order valence-electron chi connectivity index (χ3n) is 1.94. The summed E-state index contributed by atoms with van der Waals surface area (Å²) in [4.78, 5) is 0. The Morgan fingerprint density at radius 1 is 1.07 bits per heavy atom. The first kappa shape index (κ1) is 12.9. The fourth-order valence-corrected chi connectivity index (χ4v) is 3.20. The zero-order chi connectivity index (χ0) is 11.4. The van der Waals surface area contributed by atoms with Crippen molar-refractivity contribution >= 4 is 28.6 Å². The van der Waals surface area contributed by atoms with E-state index in [1.807, 2.05) is 6.07 Å². The van der Waals surface area contributed by atoms with Crippen LogP contribution in [0.2, 0.25) is 0 Å². The summed E-state index contributed by atoms with van der Waals surface area (Å²) in [6.07, 6.45) is 0. The third kappa shape index (κ3) is 3.70. The van der Waals surface area contributed by atoms with Crippen molar-refractivity contribution in [3.63, 3.8) is 0 Å². The van der Waals surface area contributed by atoms with Crippen LogP contribution in [0.4, 0.5) is 5.69 Å². The molecule has 0 saturated heterocycles. The smallest absolute Gasteiger partial charge is 0.145 e. The summed E-state index contributed by atoms with van der Waals surface area (Å²) >= 11 is 0. The van der Waals surface area contributed by atoms with E-state index in [2.05, 4.69) is 70.1 Å². The summed E-state index contributed by atoms with van der Waals surface area (Å²) in [7, 11) is 10.6. The Morgan fingerprint density at radius 3 is 2.07 bits per heavy atom. The molecule has 0 fully saturated rings. The summed E-state index contributed by atoms with van der Waals surface area (Å²) < 4.78 is 4.40. The molecule has 84 valence electrons. The van der Waals surface area contributed by atoms with E-state index < -0.39 is 8.37 Å². The largest absolute Gasteiger partial charge is 0.339 e. The molecule has 0 heterocycles. The van der Waals surface area contributed by atoms with Gasteiger partial charge < -0.3 is 5.09 Å². The van der Waals surface area contributed by atoms with Crippen molar-refractivity contribution in [1.29, 1.82) is 0 Å². The first-order chi connectivity index (χ1) is 7.02. The Balaban J connectivity index is 2.79. The lowest BCUT2D eigenvalue weighted by atomic mass is 10.3. The summed E-state index contributed by atoms with van der Waals surface area (Å²) in [6, 6.07) is 8.28. The van der Waals surface area contributed by atoms with Gasteiger partial charge in [0.15, 0.2) is 0 Å². The lowest BCUT2D eigenvalue weighted by molar-refractivity contribution is 0.579. The summed E-state index contributed by atoms with van der Waals surface area (Å²) in [5, 5.41) is 4.74. The maximum Gasteiger partial charge on any atom is 0.145 e. The van der Waals surface area contributed by atoms with Gasteiger partial charge >= 0.3 is 0 Å². The fourth-order valence-electron chi connectivity index (χ4n) is 1.26. The second kappa shape index (κ2) is 5.77. The molecule has 0 radical (unpaired) electrons. The average Bonchev–Trinajstić information content (AvgIpc) is 2.15. The van der Waals surface area contributed by atoms with Crippen LogP contribution in [0.1, 0.15) is 0 Å². The molecule has 1 aromatic carbocycles. The van der Waals surface area contributed by atoms with Gasteiger partial charge in [0, 0.05) is 5.69 Å². The quantitative estimate of drug-likeness (QED) is 0.815. The van der Waals surface area contributed by atoms with Crippen LogP contribution in [0.15, 0.2) is 24.3 Å². The van der Waals surface area contributed by atoms with Crippen molar-refractivity contribution in [2.75, 3.05) is 33.3 Å². The Labute approximate surface area is 96.0 Å². The van der Waals surface area contributed by atoms with E-state index in [-0.39, 0.29) is 0 Å². The van der Waals surface area contributed by atoms with E-state index in [0.29, 0.717) is 0 Å². The highest BCUT2D eigenvalue weighted by Gasteiger charge is 2.14. The molecule has 1 N–H and O–H groups in total. The first-order valence-electron chi connectivity index (χ1n) is 4.78. The Hall–Kier alpha value is -0.200. The number of rotatable bonds is 4. The highest BCUT2D eigenvalue weighted by molar-refractivity contribution is 7.54. The minimum atomic E-state index is -0.468. The Kier molecular flexibility index (Phi) is 4.95. The highest BCUT2D eigenvalue weighted by atomic mass is 31.1. The van der Waals surface area contributed by atoms with Crippen molar-refractivity contribution in [2.24, 2.45) is 0 Å². The minimum Gasteiger partial charge on any atom is -0.339 e. The maximum absolute atomic E-state index is 3.54. The van der Waals surface area contributed by atoms with Crippen LogP contribution < -0.4 is 10.4 Å². The molecule has 0 aliphatic heterocycles. The van der Waals surface area contributed by atoms with E-state index in [9.17, 15) is 0 Å². The fraction of sp³-hybridized carbons (Fsp3) is 0.400. The number of nitrogens with one attached hydrogen (secondary N) is 1. The molecule has 3 nitrogen and oxygen atoms in total. The number of benzene rings is 1. The molecule has 1 atom stereocenters. The predicted octanol–water partition coefficient (Wildman–Crippen LogP) is 1.95. The molecule has 1 unspecified atom stereocenters. The zero-order valence-electron chi connectivity index (χ0n) is 9.73. The number of para-hydroxylation sites is 1. The van der Waals surface area contributed by atoms with Crippen LogP contribution in [-0.4, -0.2) is 37.5 Å². The van der Waals surface area contributed by atoms with Gasteiger partial charge in [-0.15, -0.1) is 9.24 Å². The molecule has 0 aliphatic rings. The van der Waals surface area contributed by atoms with E-state index in [1.54, 1.807) is 0 Å². The van der Waals surface area contributed by atoms with Crippen molar-refractivity contribution in [3.8, 4) is 0 Å². The highest BCUT2D eigenvalue weighted by Crippen LogP contribution is 2.39. The van der Waals surface area contributed by atoms with E-state index >= 15 is 0 Å². The van der Waals surface area contributed by atoms with Gasteiger partial charge in [-0.1, -0.05) is 18.2 Å². The average molecular weight is 243 g/mol. The maximum atomic E-state index is 3.54. The molecule has 5 heteroatoms. The molecule has 0 aliphatic carbocycles. The second-order valence-electron chi connectivity index (χ2n) is 3.68. The molecule has 1 rings (SSSR count). The van der Waals surface area contributed by atoms with Crippen LogP contribution >= 0.6 is 17.6 Å². The van der Waals surface area contributed by atoms with Gasteiger partial charge in [0.25, 0.3) is 0 Å².